The van der Waals surface area contributed by atoms with Gasteiger partial charge >= 0.3 is 0 Å². The molecule has 0 saturated carbocycles. The number of hydrogen-bond donors (Lipinski definition) is 0. The van der Waals surface area contributed by atoms with E-state index < -0.39 is 0 Å². The van der Waals surface area contributed by atoms with Crippen molar-refractivity contribution in [3.63, 3.8) is 0 Å². The van der Waals surface area contributed by atoms with Crippen molar-refractivity contribution in [1.82, 2.24) is 9.80 Å². The minimum Gasteiger partial charge on any atom is -0.376 e. The van der Waals surface area contributed by atoms with Gasteiger partial charge < -0.3 is 14.5 Å². The fourth-order valence-electron chi connectivity index (χ4n) is 3.81. The van der Waals surface area contributed by atoms with E-state index in [0.717, 1.165) is 32.3 Å². The molecule has 0 bridgehead atoms. The standard InChI is InChI=1S/C20H27ClN2O3/c1-2-22(14-18-6-4-12-26-18)20(25)16-5-3-11-23(13-16)19(24)15-7-9-17(21)10-8-15/h7-10,16,18H,2-6,11-14H2,1H3. The predicted molar refractivity (Wildman–Crippen MR) is 101 cm³/mol. The number of likely N-dealkylation sites (N-methyl/N-ethyl adjacent to an activating group) is 1. The van der Waals surface area contributed by atoms with Crippen LogP contribution in [0.4, 0.5) is 0 Å². The summed E-state index contributed by atoms with van der Waals surface area (Å²) < 4.78 is 5.68. The van der Waals surface area contributed by atoms with Gasteiger partial charge in [0, 0.05) is 43.4 Å². The van der Waals surface area contributed by atoms with E-state index in [2.05, 4.69) is 0 Å². The molecule has 2 saturated heterocycles. The van der Waals surface area contributed by atoms with E-state index in [1.54, 1.807) is 29.2 Å². The molecule has 0 N–H and O–H groups in total. The third-order valence-corrected chi connectivity index (χ3v) is 5.54. The molecule has 2 unspecified atom stereocenters. The van der Waals surface area contributed by atoms with Gasteiger partial charge in [-0.1, -0.05) is 11.6 Å². The van der Waals surface area contributed by atoms with E-state index in [1.807, 2.05) is 11.8 Å². The van der Waals surface area contributed by atoms with Crippen molar-refractivity contribution in [2.75, 3.05) is 32.8 Å². The van der Waals surface area contributed by atoms with Gasteiger partial charge in [0.15, 0.2) is 0 Å². The number of carbonyl (C=O) groups is 2. The van der Waals surface area contributed by atoms with Crippen molar-refractivity contribution >= 4 is 23.4 Å². The fraction of sp³-hybridized carbons (Fsp3) is 0.600. The molecule has 3 rings (SSSR count). The molecule has 0 aromatic heterocycles. The first-order valence-electron chi connectivity index (χ1n) is 9.53. The van der Waals surface area contributed by atoms with Gasteiger partial charge in [0.25, 0.3) is 5.91 Å². The Hall–Kier alpha value is -1.59. The molecule has 26 heavy (non-hydrogen) atoms. The number of benzene rings is 1. The molecular formula is C20H27ClN2O3. The lowest BCUT2D eigenvalue weighted by Crippen LogP contribution is -2.48. The molecule has 2 amide bonds. The maximum absolute atomic E-state index is 13.0. The number of halogens is 1. The van der Waals surface area contributed by atoms with Crippen LogP contribution in [0, 0.1) is 5.92 Å². The number of amides is 2. The summed E-state index contributed by atoms with van der Waals surface area (Å²) in [5.74, 6) is -0.000647. The highest BCUT2D eigenvalue weighted by Gasteiger charge is 2.32. The van der Waals surface area contributed by atoms with Gasteiger partial charge in [-0.05, 0) is 56.9 Å². The SMILES string of the molecule is CCN(CC1CCCO1)C(=O)C1CCCN(C(=O)c2ccc(Cl)cc2)C1. The van der Waals surface area contributed by atoms with Crippen LogP contribution in [0.5, 0.6) is 0 Å². The van der Waals surface area contributed by atoms with Crippen molar-refractivity contribution in [1.29, 1.82) is 0 Å². The summed E-state index contributed by atoms with van der Waals surface area (Å²) >= 11 is 5.90. The van der Waals surface area contributed by atoms with Crippen LogP contribution < -0.4 is 0 Å². The largest absolute Gasteiger partial charge is 0.376 e. The summed E-state index contributed by atoms with van der Waals surface area (Å²) in [7, 11) is 0. The van der Waals surface area contributed by atoms with Crippen LogP contribution in [0.15, 0.2) is 24.3 Å². The third kappa shape index (κ3) is 4.57. The molecule has 2 fully saturated rings. The molecule has 142 valence electrons. The number of piperidine rings is 1. The topological polar surface area (TPSA) is 49.9 Å². The Labute approximate surface area is 160 Å². The van der Waals surface area contributed by atoms with E-state index in [9.17, 15) is 9.59 Å². The van der Waals surface area contributed by atoms with E-state index in [4.69, 9.17) is 16.3 Å². The lowest BCUT2D eigenvalue weighted by atomic mass is 9.95. The van der Waals surface area contributed by atoms with Gasteiger partial charge in [0.05, 0.1) is 12.0 Å². The van der Waals surface area contributed by atoms with Gasteiger partial charge in [0.2, 0.25) is 5.91 Å². The Morgan fingerprint density at radius 2 is 2.00 bits per heavy atom. The van der Waals surface area contributed by atoms with Gasteiger partial charge in [-0.15, -0.1) is 0 Å². The molecule has 0 aliphatic carbocycles. The maximum atomic E-state index is 13.0. The Bertz CT molecular complexity index is 628. The van der Waals surface area contributed by atoms with Crippen LogP contribution in [0.2, 0.25) is 5.02 Å². The second kappa shape index (κ2) is 8.87. The summed E-state index contributed by atoms with van der Waals surface area (Å²) in [4.78, 5) is 29.4. The molecular weight excluding hydrogens is 352 g/mol. The number of nitrogens with zero attached hydrogens (tertiary/aromatic N) is 2. The molecule has 0 spiro atoms. The molecule has 2 aliphatic heterocycles. The van der Waals surface area contributed by atoms with E-state index in [-0.39, 0.29) is 23.8 Å². The number of rotatable bonds is 5. The Morgan fingerprint density at radius 3 is 2.65 bits per heavy atom. The number of likely N-dealkylation sites (tertiary alicyclic amines) is 1. The normalized spacial score (nSPS) is 23.1. The Balaban J connectivity index is 1.61. The molecule has 1 aromatic carbocycles. The Morgan fingerprint density at radius 1 is 1.23 bits per heavy atom. The highest BCUT2D eigenvalue weighted by molar-refractivity contribution is 6.30. The zero-order chi connectivity index (χ0) is 18.5. The molecule has 1 aromatic rings. The quantitative estimate of drug-likeness (QED) is 0.790. The van der Waals surface area contributed by atoms with Gasteiger partial charge in [-0.25, -0.2) is 0 Å². The zero-order valence-electron chi connectivity index (χ0n) is 15.3. The molecule has 0 radical (unpaired) electrons. The van der Waals surface area contributed by atoms with Crippen LogP contribution in [0.3, 0.4) is 0 Å². The maximum Gasteiger partial charge on any atom is 0.253 e. The van der Waals surface area contributed by atoms with Crippen LogP contribution in [0.25, 0.3) is 0 Å². The summed E-state index contributed by atoms with van der Waals surface area (Å²) in [5.41, 5.74) is 0.620. The van der Waals surface area contributed by atoms with Crippen LogP contribution in [0.1, 0.15) is 43.0 Å². The highest BCUT2D eigenvalue weighted by Crippen LogP contribution is 2.22. The first-order valence-corrected chi connectivity index (χ1v) is 9.91. The molecule has 2 heterocycles. The first kappa shape index (κ1) is 19.2. The van der Waals surface area contributed by atoms with Crippen molar-refractivity contribution in [3.8, 4) is 0 Å². The number of hydrogen-bond acceptors (Lipinski definition) is 3. The summed E-state index contributed by atoms with van der Waals surface area (Å²) in [6, 6.07) is 6.93. The Kier molecular flexibility index (Phi) is 6.54. The highest BCUT2D eigenvalue weighted by atomic mass is 35.5. The van der Waals surface area contributed by atoms with Gasteiger partial charge in [-0.3, -0.25) is 9.59 Å². The predicted octanol–water partition coefficient (Wildman–Crippen LogP) is 3.22. The number of ether oxygens (including phenoxy) is 1. The minimum absolute atomic E-state index is 0.0265. The second-order valence-electron chi connectivity index (χ2n) is 7.11. The van der Waals surface area contributed by atoms with Crippen LogP contribution in [-0.2, 0) is 9.53 Å². The average molecular weight is 379 g/mol. The van der Waals surface area contributed by atoms with Crippen molar-refractivity contribution in [2.24, 2.45) is 5.92 Å². The van der Waals surface area contributed by atoms with E-state index in [1.165, 1.54) is 0 Å². The second-order valence-corrected chi connectivity index (χ2v) is 7.55. The van der Waals surface area contributed by atoms with Crippen LogP contribution >= 0.6 is 11.6 Å². The third-order valence-electron chi connectivity index (χ3n) is 5.29. The zero-order valence-corrected chi connectivity index (χ0v) is 16.1. The lowest BCUT2D eigenvalue weighted by molar-refractivity contribution is -0.138. The first-order chi connectivity index (χ1) is 12.6. The monoisotopic (exact) mass is 378 g/mol. The summed E-state index contributed by atoms with van der Waals surface area (Å²) in [5, 5.41) is 0.612. The smallest absolute Gasteiger partial charge is 0.253 e. The summed E-state index contributed by atoms with van der Waals surface area (Å²) in [6.07, 6.45) is 3.95. The van der Waals surface area contributed by atoms with Gasteiger partial charge in [-0.2, -0.15) is 0 Å². The lowest BCUT2D eigenvalue weighted by Gasteiger charge is -2.35. The molecule has 2 aliphatic rings. The van der Waals surface area contributed by atoms with Gasteiger partial charge in [0.1, 0.15) is 0 Å². The molecule has 6 heteroatoms. The molecule has 2 atom stereocenters. The average Bonchev–Trinajstić information content (AvgIpc) is 3.19. The van der Waals surface area contributed by atoms with Crippen molar-refractivity contribution < 1.29 is 14.3 Å². The summed E-state index contributed by atoms with van der Waals surface area (Å²) in [6.45, 7) is 5.33. The van der Waals surface area contributed by atoms with Crippen molar-refractivity contribution in [2.45, 2.75) is 38.7 Å². The van der Waals surface area contributed by atoms with Crippen molar-refractivity contribution in [3.05, 3.63) is 34.9 Å². The fourth-order valence-corrected chi connectivity index (χ4v) is 3.93. The molecule has 5 nitrogen and oxygen atoms in total. The van der Waals surface area contributed by atoms with Crippen LogP contribution in [-0.4, -0.2) is 60.5 Å². The van der Waals surface area contributed by atoms with E-state index in [0.29, 0.717) is 36.8 Å². The minimum atomic E-state index is -0.124. The number of carbonyl (C=O) groups excluding carboxylic acids is 2. The van der Waals surface area contributed by atoms with E-state index >= 15 is 0 Å².